The first-order chi connectivity index (χ1) is 11.9. The maximum Gasteiger partial charge on any atom is 0.253 e. The number of nitrogens with zero attached hydrogens (tertiary/aromatic N) is 1. The maximum absolute atomic E-state index is 12.7. The molecule has 0 aliphatic carbocycles. The highest BCUT2D eigenvalue weighted by Crippen LogP contribution is 2.30. The Morgan fingerprint density at radius 1 is 1.19 bits per heavy atom. The van der Waals surface area contributed by atoms with Gasteiger partial charge in [0.25, 0.3) is 5.91 Å². The molecule has 2 aliphatic rings. The highest BCUT2D eigenvalue weighted by atomic mass is 35.5. The van der Waals surface area contributed by atoms with Crippen LogP contribution in [0.4, 0.5) is 0 Å². The summed E-state index contributed by atoms with van der Waals surface area (Å²) < 4.78 is 29.1. The van der Waals surface area contributed by atoms with Gasteiger partial charge in [-0.25, -0.2) is 8.42 Å². The van der Waals surface area contributed by atoms with Gasteiger partial charge in [-0.1, -0.05) is 0 Å². The van der Waals surface area contributed by atoms with E-state index in [-0.39, 0.29) is 41.6 Å². The van der Waals surface area contributed by atoms with E-state index in [1.807, 2.05) is 11.9 Å². The number of nitrogens with one attached hydrogen (secondary N) is 1. The SMILES string of the molecule is COCCS(=O)(=O)c1ccc(C(=O)N(C)C2CC3CCC(C2)N3)cc1.Cl. The summed E-state index contributed by atoms with van der Waals surface area (Å²) in [5.74, 6) is -0.110. The van der Waals surface area contributed by atoms with Crippen LogP contribution in [0.2, 0.25) is 0 Å². The van der Waals surface area contributed by atoms with Gasteiger partial charge in [-0.05, 0) is 49.9 Å². The summed E-state index contributed by atoms with van der Waals surface area (Å²) in [6.07, 6.45) is 4.36. The highest BCUT2D eigenvalue weighted by molar-refractivity contribution is 7.91. The molecule has 0 spiro atoms. The normalized spacial score (nSPS) is 24.8. The first kappa shape index (κ1) is 21.2. The zero-order chi connectivity index (χ0) is 18.0. The maximum atomic E-state index is 12.7. The van der Waals surface area contributed by atoms with Crippen molar-refractivity contribution in [2.45, 2.75) is 48.7 Å². The summed E-state index contributed by atoms with van der Waals surface area (Å²) in [6, 6.07) is 7.52. The number of rotatable bonds is 6. The van der Waals surface area contributed by atoms with Crippen LogP contribution in [0.3, 0.4) is 0 Å². The van der Waals surface area contributed by atoms with Gasteiger partial charge >= 0.3 is 0 Å². The van der Waals surface area contributed by atoms with Gasteiger partial charge in [-0.3, -0.25) is 4.79 Å². The topological polar surface area (TPSA) is 75.7 Å². The molecule has 1 aromatic rings. The van der Waals surface area contributed by atoms with Crippen LogP contribution in [-0.2, 0) is 14.6 Å². The van der Waals surface area contributed by atoms with Gasteiger partial charge in [0.05, 0.1) is 17.3 Å². The molecule has 146 valence electrons. The van der Waals surface area contributed by atoms with Crippen molar-refractivity contribution in [3.05, 3.63) is 29.8 Å². The fourth-order valence-corrected chi connectivity index (χ4v) is 5.00. The molecule has 3 rings (SSSR count). The molecule has 2 fully saturated rings. The first-order valence-electron chi connectivity index (χ1n) is 8.75. The molecular weight excluding hydrogens is 376 g/mol. The van der Waals surface area contributed by atoms with E-state index in [9.17, 15) is 13.2 Å². The number of amides is 1. The van der Waals surface area contributed by atoms with Crippen LogP contribution < -0.4 is 5.32 Å². The van der Waals surface area contributed by atoms with E-state index in [1.165, 1.54) is 32.1 Å². The van der Waals surface area contributed by atoms with Crippen molar-refractivity contribution < 1.29 is 17.9 Å². The molecule has 1 N–H and O–H groups in total. The van der Waals surface area contributed by atoms with E-state index in [1.54, 1.807) is 12.1 Å². The van der Waals surface area contributed by atoms with Crippen LogP contribution >= 0.6 is 12.4 Å². The predicted octanol–water partition coefficient (Wildman–Crippen LogP) is 1.88. The Kier molecular flexibility index (Phi) is 7.07. The smallest absolute Gasteiger partial charge is 0.253 e. The average molecular weight is 403 g/mol. The molecule has 26 heavy (non-hydrogen) atoms. The standard InChI is InChI=1S/C18H26N2O4S.ClH/c1-20(16-11-14-5-6-15(12-16)19-14)18(21)13-3-7-17(8-4-13)25(22,23)10-9-24-2;/h3-4,7-8,14-16,19H,5-6,9-12H2,1-2H3;1H. The summed E-state index contributed by atoms with van der Waals surface area (Å²) >= 11 is 0. The molecule has 2 heterocycles. The van der Waals surface area contributed by atoms with Crippen molar-refractivity contribution in [3.63, 3.8) is 0 Å². The van der Waals surface area contributed by atoms with Crippen molar-refractivity contribution >= 4 is 28.2 Å². The Morgan fingerprint density at radius 3 is 2.31 bits per heavy atom. The molecule has 8 heteroatoms. The van der Waals surface area contributed by atoms with E-state index in [0.29, 0.717) is 17.6 Å². The van der Waals surface area contributed by atoms with Crippen LogP contribution in [0.5, 0.6) is 0 Å². The van der Waals surface area contributed by atoms with E-state index in [4.69, 9.17) is 4.74 Å². The number of sulfone groups is 1. The Hall–Kier alpha value is -1.15. The minimum Gasteiger partial charge on any atom is -0.384 e. The lowest BCUT2D eigenvalue weighted by molar-refractivity contribution is 0.0681. The van der Waals surface area contributed by atoms with Crippen LogP contribution in [0.1, 0.15) is 36.0 Å². The molecule has 2 atom stereocenters. The summed E-state index contributed by atoms with van der Waals surface area (Å²) in [5, 5.41) is 3.58. The number of carbonyl (C=O) groups excluding carboxylic acids is 1. The van der Waals surface area contributed by atoms with E-state index < -0.39 is 9.84 Å². The molecule has 1 aromatic carbocycles. The molecule has 2 saturated heterocycles. The van der Waals surface area contributed by atoms with E-state index in [2.05, 4.69) is 5.32 Å². The van der Waals surface area contributed by atoms with Gasteiger partial charge in [0.15, 0.2) is 9.84 Å². The van der Waals surface area contributed by atoms with Crippen molar-refractivity contribution in [1.29, 1.82) is 0 Å². The minimum atomic E-state index is -3.37. The highest BCUT2D eigenvalue weighted by Gasteiger charge is 2.36. The number of benzene rings is 1. The summed E-state index contributed by atoms with van der Waals surface area (Å²) in [6.45, 7) is 0.157. The number of fused-ring (bicyclic) bond motifs is 2. The zero-order valence-corrected chi connectivity index (χ0v) is 16.8. The van der Waals surface area contributed by atoms with E-state index in [0.717, 1.165) is 12.8 Å². The predicted molar refractivity (Wildman–Crippen MR) is 103 cm³/mol. The van der Waals surface area contributed by atoms with Gasteiger partial charge in [-0.15, -0.1) is 12.4 Å². The molecule has 0 saturated carbocycles. The van der Waals surface area contributed by atoms with Crippen LogP contribution in [0.15, 0.2) is 29.2 Å². The van der Waals surface area contributed by atoms with Gasteiger partial charge in [0, 0.05) is 37.8 Å². The average Bonchev–Trinajstić information content (AvgIpc) is 2.96. The number of halogens is 1. The third kappa shape index (κ3) is 4.57. The number of piperidine rings is 1. The molecule has 2 aliphatic heterocycles. The Bertz CT molecular complexity index is 711. The van der Waals surface area contributed by atoms with Crippen molar-refractivity contribution in [2.24, 2.45) is 0 Å². The zero-order valence-electron chi connectivity index (χ0n) is 15.2. The summed E-state index contributed by atoms with van der Waals surface area (Å²) in [7, 11) is -0.0496. The van der Waals surface area contributed by atoms with Gasteiger partial charge in [-0.2, -0.15) is 0 Å². The lowest BCUT2D eigenvalue weighted by atomic mass is 9.98. The van der Waals surface area contributed by atoms with E-state index >= 15 is 0 Å². The second-order valence-corrected chi connectivity index (χ2v) is 9.12. The Balaban J connectivity index is 0.00000243. The fourth-order valence-electron chi connectivity index (χ4n) is 3.83. The molecule has 2 bridgehead atoms. The first-order valence-corrected chi connectivity index (χ1v) is 10.4. The summed E-state index contributed by atoms with van der Waals surface area (Å²) in [4.78, 5) is 14.8. The monoisotopic (exact) mass is 402 g/mol. The third-order valence-electron chi connectivity index (χ3n) is 5.33. The molecule has 0 aromatic heterocycles. The van der Waals surface area contributed by atoms with Gasteiger partial charge < -0.3 is 15.0 Å². The minimum absolute atomic E-state index is 0. The lowest BCUT2D eigenvalue weighted by Crippen LogP contribution is -2.48. The van der Waals surface area contributed by atoms with Crippen LogP contribution in [0.25, 0.3) is 0 Å². The van der Waals surface area contributed by atoms with Gasteiger partial charge in [0.2, 0.25) is 0 Å². The largest absolute Gasteiger partial charge is 0.384 e. The van der Waals surface area contributed by atoms with Crippen molar-refractivity contribution in [2.75, 3.05) is 26.5 Å². The molecular formula is C18H27ClN2O4S. The third-order valence-corrected chi connectivity index (χ3v) is 7.03. The van der Waals surface area contributed by atoms with Crippen LogP contribution in [0, 0.1) is 0 Å². The number of methoxy groups -OCH3 is 1. The number of ether oxygens (including phenoxy) is 1. The molecule has 6 nitrogen and oxygen atoms in total. The van der Waals surface area contributed by atoms with Crippen molar-refractivity contribution in [3.8, 4) is 0 Å². The molecule has 0 radical (unpaired) electrons. The molecule has 2 unspecified atom stereocenters. The number of carbonyl (C=O) groups is 1. The number of hydrogen-bond donors (Lipinski definition) is 1. The van der Waals surface area contributed by atoms with Gasteiger partial charge in [0.1, 0.15) is 0 Å². The Morgan fingerprint density at radius 2 is 1.77 bits per heavy atom. The molecule has 1 amide bonds. The van der Waals surface area contributed by atoms with Crippen molar-refractivity contribution in [1.82, 2.24) is 10.2 Å². The Labute approximate surface area is 161 Å². The number of hydrogen-bond acceptors (Lipinski definition) is 5. The van der Waals surface area contributed by atoms with Crippen LogP contribution in [-0.4, -0.2) is 63.9 Å². The second-order valence-electron chi connectivity index (χ2n) is 7.02. The quantitative estimate of drug-likeness (QED) is 0.786. The second kappa shape index (κ2) is 8.69. The fraction of sp³-hybridized carbons (Fsp3) is 0.611. The lowest BCUT2D eigenvalue weighted by Gasteiger charge is -2.35. The summed E-state index contributed by atoms with van der Waals surface area (Å²) in [5.41, 5.74) is 0.527.